The number of aliphatic hydroxyl groups is 1. The molecule has 0 aliphatic carbocycles. The van der Waals surface area contributed by atoms with Crippen LogP contribution in [-0.4, -0.2) is 14.9 Å². The van der Waals surface area contributed by atoms with Crippen LogP contribution in [0.25, 0.3) is 0 Å². The van der Waals surface area contributed by atoms with E-state index in [0.717, 1.165) is 12.1 Å². The number of aromatic nitrogens is 2. The first kappa shape index (κ1) is 10.3. The zero-order chi connectivity index (χ0) is 10.1. The van der Waals surface area contributed by atoms with Gasteiger partial charge in [0.2, 0.25) is 0 Å². The Morgan fingerprint density at radius 1 is 1.62 bits per heavy atom. The highest BCUT2D eigenvalue weighted by atomic mass is 16.3. The average molecular weight is 182 g/mol. The SMILES string of the molecule is CCC(C)(C)C(O)c1ccnn1C. The molecule has 0 amide bonds. The van der Waals surface area contributed by atoms with Gasteiger partial charge in [0.25, 0.3) is 0 Å². The number of hydrogen-bond donors (Lipinski definition) is 1. The number of nitrogens with zero attached hydrogens (tertiary/aromatic N) is 2. The maximum atomic E-state index is 10.1. The van der Waals surface area contributed by atoms with Crippen LogP contribution in [0.4, 0.5) is 0 Å². The molecule has 74 valence electrons. The van der Waals surface area contributed by atoms with Crippen LogP contribution in [-0.2, 0) is 7.05 Å². The Bertz CT molecular complexity index is 278. The third kappa shape index (κ3) is 1.91. The second-order valence-electron chi connectivity index (χ2n) is 4.12. The lowest BCUT2D eigenvalue weighted by Gasteiger charge is -2.29. The molecule has 1 atom stereocenters. The van der Waals surface area contributed by atoms with Crippen molar-refractivity contribution >= 4 is 0 Å². The summed E-state index contributed by atoms with van der Waals surface area (Å²) < 4.78 is 1.72. The molecule has 1 aromatic rings. The lowest BCUT2D eigenvalue weighted by atomic mass is 9.82. The first-order valence-corrected chi connectivity index (χ1v) is 4.65. The van der Waals surface area contributed by atoms with Crippen LogP contribution in [0.15, 0.2) is 12.3 Å². The summed E-state index contributed by atoms with van der Waals surface area (Å²) in [7, 11) is 1.85. The minimum atomic E-state index is -0.440. The van der Waals surface area contributed by atoms with E-state index in [1.54, 1.807) is 10.9 Å². The summed E-state index contributed by atoms with van der Waals surface area (Å²) in [5.41, 5.74) is 0.792. The van der Waals surface area contributed by atoms with Gasteiger partial charge in [-0.25, -0.2) is 0 Å². The minimum Gasteiger partial charge on any atom is -0.386 e. The van der Waals surface area contributed by atoms with E-state index < -0.39 is 6.10 Å². The van der Waals surface area contributed by atoms with Gasteiger partial charge in [0.1, 0.15) is 6.10 Å². The number of aliphatic hydroxyl groups excluding tert-OH is 1. The van der Waals surface area contributed by atoms with Crippen LogP contribution < -0.4 is 0 Å². The predicted octanol–water partition coefficient (Wildman–Crippen LogP) is 1.89. The van der Waals surface area contributed by atoms with Gasteiger partial charge < -0.3 is 5.11 Å². The molecule has 0 bridgehead atoms. The maximum Gasteiger partial charge on any atom is 0.101 e. The Morgan fingerprint density at radius 3 is 2.62 bits per heavy atom. The first-order valence-electron chi connectivity index (χ1n) is 4.65. The van der Waals surface area contributed by atoms with Gasteiger partial charge in [0.05, 0.1) is 5.69 Å². The number of hydrogen-bond acceptors (Lipinski definition) is 2. The van der Waals surface area contributed by atoms with E-state index in [2.05, 4.69) is 25.9 Å². The number of rotatable bonds is 3. The Balaban J connectivity index is 2.91. The minimum absolute atomic E-state index is 0.0895. The topological polar surface area (TPSA) is 38.1 Å². The molecule has 1 rings (SSSR count). The zero-order valence-corrected chi connectivity index (χ0v) is 8.78. The van der Waals surface area contributed by atoms with Crippen molar-refractivity contribution in [2.24, 2.45) is 12.5 Å². The van der Waals surface area contributed by atoms with Crippen LogP contribution in [0.2, 0.25) is 0 Å². The summed E-state index contributed by atoms with van der Waals surface area (Å²) >= 11 is 0. The smallest absolute Gasteiger partial charge is 0.101 e. The van der Waals surface area contributed by atoms with E-state index in [0.29, 0.717) is 0 Å². The van der Waals surface area contributed by atoms with E-state index in [4.69, 9.17) is 0 Å². The Hall–Kier alpha value is -0.830. The standard InChI is InChI=1S/C10H18N2O/c1-5-10(2,3)9(13)8-6-7-11-12(8)4/h6-7,9,13H,5H2,1-4H3. The summed E-state index contributed by atoms with van der Waals surface area (Å²) in [5, 5.41) is 14.1. The van der Waals surface area contributed by atoms with Crippen molar-refractivity contribution in [2.45, 2.75) is 33.3 Å². The number of aryl methyl sites for hydroxylation is 1. The molecule has 0 fully saturated rings. The van der Waals surface area contributed by atoms with Crippen molar-refractivity contribution in [2.75, 3.05) is 0 Å². The molecule has 1 aromatic heterocycles. The van der Waals surface area contributed by atoms with Gasteiger partial charge in [0.15, 0.2) is 0 Å². The second-order valence-corrected chi connectivity index (χ2v) is 4.12. The fourth-order valence-corrected chi connectivity index (χ4v) is 1.25. The van der Waals surface area contributed by atoms with E-state index >= 15 is 0 Å². The molecule has 0 aliphatic rings. The molecule has 0 radical (unpaired) electrons. The second kappa shape index (κ2) is 3.50. The molecular weight excluding hydrogens is 164 g/mol. The van der Waals surface area contributed by atoms with Gasteiger partial charge >= 0.3 is 0 Å². The van der Waals surface area contributed by atoms with Crippen molar-refractivity contribution in [3.05, 3.63) is 18.0 Å². The molecule has 3 nitrogen and oxygen atoms in total. The lowest BCUT2D eigenvalue weighted by Crippen LogP contribution is -2.23. The first-order chi connectivity index (χ1) is 5.99. The lowest BCUT2D eigenvalue weighted by molar-refractivity contribution is 0.0399. The highest BCUT2D eigenvalue weighted by molar-refractivity contribution is 5.07. The van der Waals surface area contributed by atoms with Crippen LogP contribution in [0.3, 0.4) is 0 Å². The highest BCUT2D eigenvalue weighted by Gasteiger charge is 2.28. The molecule has 0 spiro atoms. The summed E-state index contributed by atoms with van der Waals surface area (Å²) in [4.78, 5) is 0. The summed E-state index contributed by atoms with van der Waals surface area (Å²) in [6.45, 7) is 6.20. The quantitative estimate of drug-likeness (QED) is 0.775. The summed E-state index contributed by atoms with van der Waals surface area (Å²) in [6.07, 6.45) is 2.22. The van der Waals surface area contributed by atoms with Gasteiger partial charge in [-0.15, -0.1) is 0 Å². The highest BCUT2D eigenvalue weighted by Crippen LogP contribution is 2.35. The molecule has 13 heavy (non-hydrogen) atoms. The van der Waals surface area contributed by atoms with Crippen molar-refractivity contribution in [3.63, 3.8) is 0 Å². The molecule has 0 aromatic carbocycles. The molecule has 3 heteroatoms. The van der Waals surface area contributed by atoms with E-state index in [9.17, 15) is 5.11 Å². The van der Waals surface area contributed by atoms with Crippen LogP contribution >= 0.6 is 0 Å². The van der Waals surface area contributed by atoms with E-state index in [1.165, 1.54) is 0 Å². The van der Waals surface area contributed by atoms with E-state index in [-0.39, 0.29) is 5.41 Å². The molecule has 0 saturated carbocycles. The Labute approximate surface area is 79.4 Å². The van der Waals surface area contributed by atoms with Crippen molar-refractivity contribution in [1.29, 1.82) is 0 Å². The molecule has 1 heterocycles. The van der Waals surface area contributed by atoms with Gasteiger partial charge in [-0.1, -0.05) is 20.8 Å². The van der Waals surface area contributed by atoms with Crippen molar-refractivity contribution in [1.82, 2.24) is 9.78 Å². The van der Waals surface area contributed by atoms with Gasteiger partial charge in [-0.05, 0) is 17.9 Å². The molecule has 0 saturated heterocycles. The summed E-state index contributed by atoms with van der Waals surface area (Å²) in [5.74, 6) is 0. The monoisotopic (exact) mass is 182 g/mol. The van der Waals surface area contributed by atoms with Gasteiger partial charge in [-0.2, -0.15) is 5.10 Å². The van der Waals surface area contributed by atoms with E-state index in [1.807, 2.05) is 13.1 Å². The third-order valence-corrected chi connectivity index (χ3v) is 2.79. The maximum absolute atomic E-state index is 10.1. The van der Waals surface area contributed by atoms with Crippen molar-refractivity contribution < 1.29 is 5.11 Å². The van der Waals surface area contributed by atoms with Gasteiger partial charge in [0, 0.05) is 13.2 Å². The third-order valence-electron chi connectivity index (χ3n) is 2.79. The fraction of sp³-hybridized carbons (Fsp3) is 0.700. The van der Waals surface area contributed by atoms with Crippen molar-refractivity contribution in [3.8, 4) is 0 Å². The fourth-order valence-electron chi connectivity index (χ4n) is 1.25. The molecule has 1 unspecified atom stereocenters. The normalized spacial score (nSPS) is 14.5. The molecule has 1 N–H and O–H groups in total. The average Bonchev–Trinajstić information content (AvgIpc) is 2.50. The molecule has 0 aliphatic heterocycles. The van der Waals surface area contributed by atoms with Crippen LogP contribution in [0, 0.1) is 5.41 Å². The Kier molecular flexibility index (Phi) is 2.76. The Morgan fingerprint density at radius 2 is 2.23 bits per heavy atom. The molecular formula is C10H18N2O. The summed E-state index contributed by atoms with van der Waals surface area (Å²) in [6, 6.07) is 1.86. The predicted molar refractivity (Wildman–Crippen MR) is 52.2 cm³/mol. The zero-order valence-electron chi connectivity index (χ0n) is 8.78. The van der Waals surface area contributed by atoms with Crippen LogP contribution in [0.1, 0.15) is 39.0 Å². The van der Waals surface area contributed by atoms with Gasteiger partial charge in [-0.3, -0.25) is 4.68 Å². The largest absolute Gasteiger partial charge is 0.386 e. The van der Waals surface area contributed by atoms with Crippen LogP contribution in [0.5, 0.6) is 0 Å².